The quantitative estimate of drug-likeness (QED) is 0.494. The molecule has 0 saturated carbocycles. The lowest BCUT2D eigenvalue weighted by atomic mass is 10.2. The molecule has 1 aromatic carbocycles. The number of hydrogen-bond donors (Lipinski definition) is 1. The number of aryl methyl sites for hydroxylation is 1. The second kappa shape index (κ2) is 6.74. The molecular formula is C19H14FN7OS. The van der Waals surface area contributed by atoms with Crippen LogP contribution in [-0.4, -0.2) is 35.3 Å². The van der Waals surface area contributed by atoms with E-state index in [0.717, 1.165) is 21.5 Å². The van der Waals surface area contributed by atoms with Crippen molar-refractivity contribution in [2.75, 3.05) is 5.32 Å². The van der Waals surface area contributed by atoms with Crippen LogP contribution in [-0.2, 0) is 6.54 Å². The van der Waals surface area contributed by atoms with Gasteiger partial charge in [0.1, 0.15) is 22.8 Å². The summed E-state index contributed by atoms with van der Waals surface area (Å²) in [6.45, 7) is 2.40. The molecule has 0 fully saturated rings. The molecule has 0 aliphatic rings. The van der Waals surface area contributed by atoms with E-state index < -0.39 is 0 Å². The van der Waals surface area contributed by atoms with Gasteiger partial charge in [0.2, 0.25) is 0 Å². The Morgan fingerprint density at radius 1 is 1.24 bits per heavy atom. The molecule has 0 aliphatic heterocycles. The lowest BCUT2D eigenvalue weighted by molar-refractivity contribution is 0.103. The minimum atomic E-state index is -0.275. The van der Waals surface area contributed by atoms with Gasteiger partial charge in [0.05, 0.1) is 29.5 Å². The summed E-state index contributed by atoms with van der Waals surface area (Å²) in [5.41, 5.74) is 2.31. The fourth-order valence-electron chi connectivity index (χ4n) is 3.12. The minimum absolute atomic E-state index is 0.248. The molecule has 0 saturated heterocycles. The van der Waals surface area contributed by atoms with Crippen LogP contribution >= 0.6 is 11.3 Å². The van der Waals surface area contributed by atoms with Crippen LogP contribution in [0.2, 0.25) is 0 Å². The van der Waals surface area contributed by atoms with Gasteiger partial charge in [-0.1, -0.05) is 12.1 Å². The van der Waals surface area contributed by atoms with Gasteiger partial charge in [0, 0.05) is 5.39 Å². The maximum Gasteiger partial charge on any atom is 0.266 e. The topological polar surface area (TPSA) is 90.0 Å². The van der Waals surface area contributed by atoms with Crippen LogP contribution in [0.4, 0.5) is 10.2 Å². The first-order valence-corrected chi connectivity index (χ1v) is 9.56. The highest BCUT2D eigenvalue weighted by molar-refractivity contribution is 7.20. The molecule has 1 N–H and O–H groups in total. The van der Waals surface area contributed by atoms with Gasteiger partial charge in [-0.2, -0.15) is 5.10 Å². The zero-order valence-electron chi connectivity index (χ0n) is 15.2. The molecule has 0 bridgehead atoms. The Hall–Kier alpha value is -3.66. The van der Waals surface area contributed by atoms with Crippen molar-refractivity contribution >= 4 is 38.9 Å². The van der Waals surface area contributed by atoms with Crippen molar-refractivity contribution in [2.45, 2.75) is 13.5 Å². The van der Waals surface area contributed by atoms with Crippen molar-refractivity contribution in [3.05, 3.63) is 71.0 Å². The fraction of sp³-hybridized carbons (Fsp3) is 0.105. The van der Waals surface area contributed by atoms with E-state index in [1.807, 2.05) is 17.7 Å². The molecular weight excluding hydrogens is 393 g/mol. The van der Waals surface area contributed by atoms with Gasteiger partial charge in [0.25, 0.3) is 5.91 Å². The third-order valence-corrected chi connectivity index (χ3v) is 5.69. The fourth-order valence-corrected chi connectivity index (χ4v) is 4.18. The average molecular weight is 407 g/mol. The Labute approximate surface area is 167 Å². The smallest absolute Gasteiger partial charge is 0.266 e. The van der Waals surface area contributed by atoms with Crippen molar-refractivity contribution in [2.24, 2.45) is 0 Å². The molecule has 0 spiro atoms. The van der Waals surface area contributed by atoms with E-state index in [9.17, 15) is 9.18 Å². The molecule has 8 nitrogen and oxygen atoms in total. The lowest BCUT2D eigenvalue weighted by Crippen LogP contribution is -2.13. The van der Waals surface area contributed by atoms with Crippen molar-refractivity contribution in [1.82, 2.24) is 29.4 Å². The molecule has 5 rings (SSSR count). The van der Waals surface area contributed by atoms with Crippen LogP contribution in [0.5, 0.6) is 0 Å². The number of benzene rings is 1. The molecule has 0 unspecified atom stereocenters. The predicted molar refractivity (Wildman–Crippen MR) is 107 cm³/mol. The maximum atomic E-state index is 13.2. The van der Waals surface area contributed by atoms with Crippen molar-refractivity contribution in [3.63, 3.8) is 0 Å². The summed E-state index contributed by atoms with van der Waals surface area (Å²) in [5.74, 6) is -0.0372. The Bertz CT molecular complexity index is 1350. The first-order chi connectivity index (χ1) is 14.1. The number of nitrogens with one attached hydrogen (secondary N) is 1. The number of carbonyl (C=O) groups is 1. The number of carbonyl (C=O) groups excluding carboxylic acids is 1. The number of aromatic nitrogens is 6. The summed E-state index contributed by atoms with van der Waals surface area (Å²) in [5, 5.41) is 16.1. The molecule has 1 amide bonds. The molecule has 0 atom stereocenters. The van der Waals surface area contributed by atoms with Gasteiger partial charge in [-0.05, 0) is 30.7 Å². The number of halogens is 1. The number of anilines is 1. The molecule has 0 aliphatic carbocycles. The summed E-state index contributed by atoms with van der Waals surface area (Å²) in [4.78, 5) is 18.3. The standard InChI is InChI=1S/C19H14FN7OS/c1-11-14-6-15(18(28)23-16-7-21-8-17-24-22-10-26(16)17)29-19(14)27(25-11)9-12-2-4-13(20)5-3-12/h2-8,10H,9H2,1H3,(H,23,28). The van der Waals surface area contributed by atoms with Crippen LogP contribution in [0.25, 0.3) is 15.9 Å². The molecule has 5 aromatic rings. The van der Waals surface area contributed by atoms with Crippen molar-refractivity contribution in [1.29, 1.82) is 0 Å². The number of nitrogens with zero attached hydrogens (tertiary/aromatic N) is 6. The lowest BCUT2D eigenvalue weighted by Gasteiger charge is -2.05. The van der Waals surface area contributed by atoms with Gasteiger partial charge in [-0.15, -0.1) is 21.5 Å². The summed E-state index contributed by atoms with van der Waals surface area (Å²) in [6.07, 6.45) is 4.63. The van der Waals surface area contributed by atoms with Crippen LogP contribution in [0, 0.1) is 12.7 Å². The highest BCUT2D eigenvalue weighted by atomic mass is 32.1. The van der Waals surface area contributed by atoms with Gasteiger partial charge < -0.3 is 5.32 Å². The van der Waals surface area contributed by atoms with Crippen LogP contribution in [0.15, 0.2) is 49.1 Å². The van der Waals surface area contributed by atoms with E-state index in [4.69, 9.17) is 0 Å². The molecule has 4 heterocycles. The summed E-state index contributed by atoms with van der Waals surface area (Å²) in [6, 6.07) is 8.14. The average Bonchev–Trinajstić information content (AvgIpc) is 3.42. The first-order valence-electron chi connectivity index (χ1n) is 8.75. The highest BCUT2D eigenvalue weighted by Crippen LogP contribution is 2.29. The third-order valence-electron chi connectivity index (χ3n) is 4.54. The van der Waals surface area contributed by atoms with Gasteiger partial charge in [-0.3, -0.25) is 18.9 Å². The Morgan fingerprint density at radius 3 is 2.90 bits per heavy atom. The predicted octanol–water partition coefficient (Wildman–Crippen LogP) is 3.28. The van der Waals surface area contributed by atoms with Crippen LogP contribution < -0.4 is 5.32 Å². The highest BCUT2D eigenvalue weighted by Gasteiger charge is 2.17. The summed E-state index contributed by atoms with van der Waals surface area (Å²) in [7, 11) is 0. The molecule has 0 radical (unpaired) electrons. The van der Waals surface area contributed by atoms with E-state index in [1.165, 1.54) is 29.8 Å². The Balaban J connectivity index is 1.45. The maximum absolute atomic E-state index is 13.2. The Kier molecular flexibility index (Phi) is 4.06. The van der Waals surface area contributed by atoms with E-state index in [1.54, 1.807) is 28.9 Å². The van der Waals surface area contributed by atoms with Gasteiger partial charge in [-0.25, -0.2) is 4.39 Å². The van der Waals surface area contributed by atoms with Crippen molar-refractivity contribution in [3.8, 4) is 0 Å². The number of fused-ring (bicyclic) bond motifs is 2. The van der Waals surface area contributed by atoms with Gasteiger partial charge >= 0.3 is 0 Å². The SMILES string of the molecule is Cc1nn(Cc2ccc(F)cc2)c2sc(C(=O)Nc3cncc4nncn34)cc12. The van der Waals surface area contributed by atoms with Crippen LogP contribution in [0.3, 0.4) is 0 Å². The monoisotopic (exact) mass is 407 g/mol. The summed E-state index contributed by atoms with van der Waals surface area (Å²) < 4.78 is 16.6. The normalized spacial score (nSPS) is 11.4. The van der Waals surface area contributed by atoms with E-state index >= 15 is 0 Å². The zero-order valence-corrected chi connectivity index (χ0v) is 16.0. The number of amides is 1. The molecule has 144 valence electrons. The second-order valence-corrected chi connectivity index (χ2v) is 7.54. The number of hydrogen-bond acceptors (Lipinski definition) is 6. The van der Waals surface area contributed by atoms with Gasteiger partial charge in [0.15, 0.2) is 5.65 Å². The van der Waals surface area contributed by atoms with E-state index in [2.05, 4.69) is 25.6 Å². The molecule has 10 heteroatoms. The van der Waals surface area contributed by atoms with E-state index in [-0.39, 0.29) is 11.7 Å². The van der Waals surface area contributed by atoms with Crippen LogP contribution in [0.1, 0.15) is 20.9 Å². The summed E-state index contributed by atoms with van der Waals surface area (Å²) >= 11 is 1.36. The number of thiophene rings is 1. The third kappa shape index (κ3) is 3.13. The number of rotatable bonds is 4. The molecule has 29 heavy (non-hydrogen) atoms. The largest absolute Gasteiger partial charge is 0.306 e. The first kappa shape index (κ1) is 17.4. The van der Waals surface area contributed by atoms with Crippen molar-refractivity contribution < 1.29 is 9.18 Å². The second-order valence-electron chi connectivity index (χ2n) is 6.50. The molecule has 4 aromatic heterocycles. The van der Waals surface area contributed by atoms with E-state index in [0.29, 0.717) is 22.9 Å². The minimum Gasteiger partial charge on any atom is -0.306 e. The Morgan fingerprint density at radius 2 is 2.07 bits per heavy atom. The zero-order chi connectivity index (χ0) is 20.0.